The number of Topliss-reactive ketones (excluding diaryl/α,β-unsaturated/α-hetero) is 1. The first kappa shape index (κ1) is 13.7. The fourth-order valence-electron chi connectivity index (χ4n) is 2.50. The van der Waals surface area contributed by atoms with Gasteiger partial charge in [-0.1, -0.05) is 18.2 Å². The van der Waals surface area contributed by atoms with Crippen LogP contribution >= 0.6 is 0 Å². The normalized spacial score (nSPS) is 16.7. The third kappa shape index (κ3) is 2.98. The molecule has 1 aromatic rings. The Hall–Kier alpha value is -1.75. The van der Waals surface area contributed by atoms with Crippen LogP contribution in [0.5, 0.6) is 0 Å². The number of nitro benzene ring substituents is 1. The van der Waals surface area contributed by atoms with Crippen molar-refractivity contribution in [3.8, 4) is 0 Å². The fraction of sp³-hybridized carbons (Fsp3) is 0.500. The highest BCUT2D eigenvalue weighted by molar-refractivity contribution is 5.83. The number of nitrogens with zero attached hydrogens (tertiary/aromatic N) is 1. The van der Waals surface area contributed by atoms with Crippen LogP contribution in [0, 0.1) is 10.1 Å². The lowest BCUT2D eigenvalue weighted by Crippen LogP contribution is -2.41. The topological polar surface area (TPSA) is 69.4 Å². The average Bonchev–Trinajstić information content (AvgIpc) is 2.34. The van der Waals surface area contributed by atoms with Gasteiger partial charge in [-0.25, -0.2) is 0 Å². The maximum atomic E-state index is 12.1. The van der Waals surface area contributed by atoms with Crippen LogP contribution in [0.4, 0.5) is 5.69 Å². The largest absolute Gasteiger partial charge is 0.378 e. The van der Waals surface area contributed by atoms with Gasteiger partial charge in [-0.05, 0) is 19.3 Å². The number of carbonyl (C=O) groups excluding carboxylic acids is 1. The van der Waals surface area contributed by atoms with Crippen molar-refractivity contribution in [2.45, 2.75) is 37.7 Å². The molecule has 0 aromatic heterocycles. The standard InChI is InChI=1S/C14H17NO4/c1-19-14(7-4-8-14)10-12(16)9-11-5-2-3-6-13(11)15(17)18/h2-3,5-6H,4,7-10H2,1H3. The summed E-state index contributed by atoms with van der Waals surface area (Å²) < 4.78 is 5.41. The highest BCUT2D eigenvalue weighted by Gasteiger charge is 2.38. The molecule has 0 saturated heterocycles. The number of rotatable bonds is 6. The number of carbonyl (C=O) groups is 1. The second kappa shape index (κ2) is 5.48. The Morgan fingerprint density at radius 1 is 1.42 bits per heavy atom. The minimum absolute atomic E-state index is 0.00384. The third-order valence-electron chi connectivity index (χ3n) is 3.79. The van der Waals surface area contributed by atoms with Crippen LogP contribution in [0.25, 0.3) is 0 Å². The monoisotopic (exact) mass is 263 g/mol. The Labute approximate surface area is 111 Å². The molecule has 102 valence electrons. The van der Waals surface area contributed by atoms with Gasteiger partial charge in [-0.2, -0.15) is 0 Å². The molecule has 0 bridgehead atoms. The van der Waals surface area contributed by atoms with Crippen LogP contribution in [0.15, 0.2) is 24.3 Å². The van der Waals surface area contributed by atoms with E-state index >= 15 is 0 Å². The summed E-state index contributed by atoms with van der Waals surface area (Å²) in [7, 11) is 1.62. The van der Waals surface area contributed by atoms with E-state index in [2.05, 4.69) is 0 Å². The van der Waals surface area contributed by atoms with E-state index in [1.165, 1.54) is 6.07 Å². The molecule has 1 aliphatic carbocycles. The Kier molecular flexibility index (Phi) is 3.95. The maximum absolute atomic E-state index is 12.1. The molecule has 0 amide bonds. The Morgan fingerprint density at radius 3 is 2.63 bits per heavy atom. The number of hydrogen-bond acceptors (Lipinski definition) is 4. The zero-order valence-corrected chi connectivity index (χ0v) is 10.9. The van der Waals surface area contributed by atoms with E-state index in [-0.39, 0.29) is 23.5 Å². The predicted molar refractivity (Wildman–Crippen MR) is 70.0 cm³/mol. The van der Waals surface area contributed by atoms with E-state index in [0.29, 0.717) is 12.0 Å². The number of ether oxygens (including phenoxy) is 1. The van der Waals surface area contributed by atoms with Gasteiger partial charge in [0.15, 0.2) is 0 Å². The molecule has 0 aliphatic heterocycles. The molecular formula is C14H17NO4. The number of methoxy groups -OCH3 is 1. The molecule has 0 heterocycles. The average molecular weight is 263 g/mol. The van der Waals surface area contributed by atoms with Crippen LogP contribution in [-0.4, -0.2) is 23.4 Å². The predicted octanol–water partition coefficient (Wildman–Crippen LogP) is 2.67. The van der Waals surface area contributed by atoms with Crippen LogP contribution in [0.1, 0.15) is 31.2 Å². The minimum Gasteiger partial charge on any atom is -0.378 e. The van der Waals surface area contributed by atoms with E-state index in [4.69, 9.17) is 4.74 Å². The highest BCUT2D eigenvalue weighted by atomic mass is 16.6. The van der Waals surface area contributed by atoms with Gasteiger partial charge < -0.3 is 4.74 Å². The minimum atomic E-state index is -0.446. The van der Waals surface area contributed by atoms with Crippen LogP contribution in [0.3, 0.4) is 0 Å². The van der Waals surface area contributed by atoms with Gasteiger partial charge in [0.1, 0.15) is 5.78 Å². The molecule has 1 saturated carbocycles. The Balaban J connectivity index is 2.05. The van der Waals surface area contributed by atoms with E-state index < -0.39 is 4.92 Å². The first-order valence-electron chi connectivity index (χ1n) is 6.35. The molecule has 2 rings (SSSR count). The molecule has 5 heteroatoms. The zero-order chi connectivity index (χ0) is 13.9. The molecule has 1 fully saturated rings. The van der Waals surface area contributed by atoms with E-state index in [1.807, 2.05) is 0 Å². The number of benzene rings is 1. The van der Waals surface area contributed by atoms with E-state index in [1.54, 1.807) is 25.3 Å². The van der Waals surface area contributed by atoms with Gasteiger partial charge in [0.05, 0.1) is 10.5 Å². The summed E-state index contributed by atoms with van der Waals surface area (Å²) in [6, 6.07) is 6.38. The van der Waals surface area contributed by atoms with Crippen LogP contribution in [-0.2, 0) is 16.0 Å². The lowest BCUT2D eigenvalue weighted by molar-refractivity contribution is -0.385. The summed E-state index contributed by atoms with van der Waals surface area (Å²) >= 11 is 0. The second-order valence-electron chi connectivity index (χ2n) is 5.02. The number of hydrogen-bond donors (Lipinski definition) is 0. The van der Waals surface area contributed by atoms with Crippen molar-refractivity contribution >= 4 is 11.5 Å². The first-order chi connectivity index (χ1) is 9.06. The number of ketones is 1. The van der Waals surface area contributed by atoms with Crippen molar-refractivity contribution < 1.29 is 14.5 Å². The van der Waals surface area contributed by atoms with E-state index in [9.17, 15) is 14.9 Å². The fourth-order valence-corrected chi connectivity index (χ4v) is 2.50. The third-order valence-corrected chi connectivity index (χ3v) is 3.79. The molecular weight excluding hydrogens is 246 g/mol. The molecule has 0 spiro atoms. The maximum Gasteiger partial charge on any atom is 0.273 e. The molecule has 0 atom stereocenters. The van der Waals surface area contributed by atoms with Crippen molar-refractivity contribution in [1.82, 2.24) is 0 Å². The van der Waals surface area contributed by atoms with Crippen molar-refractivity contribution in [2.24, 2.45) is 0 Å². The smallest absolute Gasteiger partial charge is 0.273 e. The van der Waals surface area contributed by atoms with Crippen molar-refractivity contribution in [3.05, 3.63) is 39.9 Å². The van der Waals surface area contributed by atoms with Gasteiger partial charge in [0.2, 0.25) is 0 Å². The van der Waals surface area contributed by atoms with Crippen molar-refractivity contribution in [2.75, 3.05) is 7.11 Å². The molecule has 1 aromatic carbocycles. The first-order valence-corrected chi connectivity index (χ1v) is 6.35. The lowest BCUT2D eigenvalue weighted by Gasteiger charge is -2.40. The molecule has 5 nitrogen and oxygen atoms in total. The summed E-state index contributed by atoms with van der Waals surface area (Å²) in [5.41, 5.74) is 0.166. The quantitative estimate of drug-likeness (QED) is 0.584. The lowest BCUT2D eigenvalue weighted by atomic mass is 9.76. The van der Waals surface area contributed by atoms with Crippen LogP contribution in [0.2, 0.25) is 0 Å². The molecule has 0 unspecified atom stereocenters. The Bertz CT molecular complexity index is 488. The summed E-state index contributed by atoms with van der Waals surface area (Å²) in [5, 5.41) is 10.9. The highest BCUT2D eigenvalue weighted by Crippen LogP contribution is 2.38. The summed E-state index contributed by atoms with van der Waals surface area (Å²) in [6.45, 7) is 0. The molecule has 0 radical (unpaired) electrons. The summed E-state index contributed by atoms with van der Waals surface area (Å²) in [6.07, 6.45) is 3.31. The van der Waals surface area contributed by atoms with E-state index in [0.717, 1.165) is 19.3 Å². The number of para-hydroxylation sites is 1. The zero-order valence-electron chi connectivity index (χ0n) is 10.9. The van der Waals surface area contributed by atoms with Gasteiger partial charge in [0, 0.05) is 31.6 Å². The van der Waals surface area contributed by atoms with Crippen LogP contribution < -0.4 is 0 Å². The molecule has 0 N–H and O–H groups in total. The second-order valence-corrected chi connectivity index (χ2v) is 5.02. The molecule has 1 aliphatic rings. The van der Waals surface area contributed by atoms with Gasteiger partial charge in [0.25, 0.3) is 5.69 Å². The van der Waals surface area contributed by atoms with Crippen molar-refractivity contribution in [1.29, 1.82) is 0 Å². The van der Waals surface area contributed by atoms with Gasteiger partial charge in [-0.3, -0.25) is 14.9 Å². The summed E-state index contributed by atoms with van der Waals surface area (Å²) in [5.74, 6) is -0.00384. The van der Waals surface area contributed by atoms with Crippen molar-refractivity contribution in [3.63, 3.8) is 0 Å². The number of nitro groups is 1. The molecule has 19 heavy (non-hydrogen) atoms. The summed E-state index contributed by atoms with van der Waals surface area (Å²) in [4.78, 5) is 22.5. The van der Waals surface area contributed by atoms with Gasteiger partial charge >= 0.3 is 0 Å². The van der Waals surface area contributed by atoms with Gasteiger partial charge in [-0.15, -0.1) is 0 Å². The SMILES string of the molecule is COC1(CC(=O)Cc2ccccc2[N+](=O)[O-])CCC1. The Morgan fingerprint density at radius 2 is 2.11 bits per heavy atom.